The third kappa shape index (κ3) is 1.96. The summed E-state index contributed by atoms with van der Waals surface area (Å²) in [6.07, 6.45) is -5.12. The van der Waals surface area contributed by atoms with Gasteiger partial charge in [0.1, 0.15) is 5.97 Å². The van der Waals surface area contributed by atoms with Crippen LogP contribution in [0.1, 0.15) is 0 Å². The van der Waals surface area contributed by atoms with Crippen LogP contribution < -0.4 is 34.7 Å². The Morgan fingerprint density at radius 2 is 1.59 bits per heavy atom. The number of hydrogen-bond donors (Lipinski definition) is 0. The number of alkyl halides is 3. The van der Waals surface area contributed by atoms with E-state index in [1.165, 1.54) is 24.3 Å². The number of carboxylic acid groups (broad SMARTS) is 1. The van der Waals surface area contributed by atoms with Gasteiger partial charge in [-0.3, -0.25) is 0 Å². The summed E-state index contributed by atoms with van der Waals surface area (Å²) in [5.41, 5.74) is -3.50. The van der Waals surface area contributed by atoms with Gasteiger partial charge in [-0.05, 0) is 12.1 Å². The molecule has 0 bridgehead atoms. The molecule has 1 aromatic rings. The van der Waals surface area contributed by atoms with Gasteiger partial charge in [0.2, 0.25) is 0 Å². The quantitative estimate of drug-likeness (QED) is 0.466. The van der Waals surface area contributed by atoms with E-state index >= 15 is 0 Å². The van der Waals surface area contributed by atoms with E-state index in [-0.39, 0.29) is 29.6 Å². The Labute approximate surface area is 105 Å². The summed E-state index contributed by atoms with van der Waals surface area (Å²) in [7, 11) is 0. The van der Waals surface area contributed by atoms with Crippen LogP contribution in [0.5, 0.6) is 0 Å². The molecule has 8 heteroatoms. The van der Waals surface area contributed by atoms with Crippen LogP contribution in [0.3, 0.4) is 0 Å². The van der Waals surface area contributed by atoms with Gasteiger partial charge in [0.05, 0.1) is 10.7 Å². The molecule has 4 nitrogen and oxygen atoms in total. The van der Waals surface area contributed by atoms with E-state index < -0.39 is 17.8 Å². The van der Waals surface area contributed by atoms with Crippen LogP contribution in [0.25, 0.3) is 0 Å². The molecule has 1 aliphatic heterocycles. The number of carbonyl (C=O) groups is 1. The van der Waals surface area contributed by atoms with Gasteiger partial charge < -0.3 is 9.90 Å². The molecule has 0 amide bonds. The first-order valence-electron chi connectivity index (χ1n) is 4.20. The molecule has 0 radical (unpaired) electrons. The van der Waals surface area contributed by atoms with Gasteiger partial charge in [0.15, 0.2) is 0 Å². The molecule has 2 rings (SSSR count). The van der Waals surface area contributed by atoms with Crippen LogP contribution in [0, 0.1) is 0 Å². The molecule has 0 fully saturated rings. The van der Waals surface area contributed by atoms with Crippen molar-refractivity contribution >= 4 is 5.97 Å². The molecule has 0 saturated heterocycles. The summed E-state index contributed by atoms with van der Waals surface area (Å²) in [5, 5.41) is 10.4. The zero-order valence-electron chi connectivity index (χ0n) is 8.65. The van der Waals surface area contributed by atoms with Crippen LogP contribution >= 0.6 is 0 Å². The number of para-hydroxylation sites is 2. The van der Waals surface area contributed by atoms with Crippen molar-refractivity contribution in [1.82, 2.24) is 0 Å². The fourth-order valence-corrected chi connectivity index (χ4v) is 1.36. The number of halogens is 3. The summed E-state index contributed by atoms with van der Waals surface area (Å²) in [5.74, 6) is -2.38. The number of hydrogen-bond acceptors (Lipinski definition) is 4. The molecule has 84 valence electrons. The molecule has 0 saturated carbocycles. The molecule has 17 heavy (non-hydrogen) atoms. The third-order valence-electron chi connectivity index (χ3n) is 2.13. The first-order valence-corrected chi connectivity index (χ1v) is 4.20. The van der Waals surface area contributed by atoms with Gasteiger partial charge in [0, 0.05) is 0 Å². The Hall–Kier alpha value is -1.32. The first kappa shape index (κ1) is 13.7. The Balaban J connectivity index is 0.00000144. The van der Waals surface area contributed by atoms with Gasteiger partial charge in [0.25, 0.3) is 5.66 Å². The van der Waals surface area contributed by atoms with E-state index in [0.717, 1.165) is 0 Å². The number of benzene rings is 1. The van der Waals surface area contributed by atoms with Crippen molar-refractivity contribution in [3.63, 3.8) is 0 Å². The molecule has 1 aliphatic rings. The van der Waals surface area contributed by atoms with Crippen LogP contribution in [-0.2, 0) is 4.79 Å². The molecule has 0 unspecified atom stereocenters. The van der Waals surface area contributed by atoms with E-state index in [9.17, 15) is 23.1 Å². The molecular formula is C9H4F3LiN2O2. The van der Waals surface area contributed by atoms with Gasteiger partial charge in [-0.2, -0.15) is 13.2 Å². The number of carboxylic acids is 1. The summed E-state index contributed by atoms with van der Waals surface area (Å²) < 4.78 is 37.9. The average molecular weight is 236 g/mol. The summed E-state index contributed by atoms with van der Waals surface area (Å²) in [6.45, 7) is 0. The molecule has 1 heterocycles. The number of fused-ring (bicyclic) bond motifs is 1. The topological polar surface area (TPSA) is 64.8 Å². The molecular weight excluding hydrogens is 232 g/mol. The van der Waals surface area contributed by atoms with E-state index in [1.807, 2.05) is 0 Å². The second kappa shape index (κ2) is 4.16. The van der Waals surface area contributed by atoms with Crippen LogP contribution in [0.15, 0.2) is 34.3 Å². The van der Waals surface area contributed by atoms with Gasteiger partial charge in [-0.15, -0.1) is 0 Å². The van der Waals surface area contributed by atoms with E-state index in [1.54, 1.807) is 0 Å². The zero-order chi connectivity index (χ0) is 12.0. The van der Waals surface area contributed by atoms with Crippen molar-refractivity contribution < 1.29 is 41.9 Å². The molecule has 0 aliphatic carbocycles. The minimum Gasteiger partial charge on any atom is -0.545 e. The smallest absolute Gasteiger partial charge is 0.545 e. The minimum atomic E-state index is -5.12. The summed E-state index contributed by atoms with van der Waals surface area (Å²) >= 11 is 0. The van der Waals surface area contributed by atoms with Crippen LogP contribution in [-0.4, -0.2) is 17.8 Å². The maximum atomic E-state index is 12.6. The predicted molar refractivity (Wildman–Crippen MR) is 42.5 cm³/mol. The second-order valence-electron chi connectivity index (χ2n) is 3.17. The van der Waals surface area contributed by atoms with Crippen molar-refractivity contribution in [1.29, 1.82) is 0 Å². The SMILES string of the molecule is O=C([O-])C1(C(F)(F)F)N=c2ccccc2=N1.[Li+]. The Bertz CT molecular complexity index is 535. The van der Waals surface area contributed by atoms with E-state index in [4.69, 9.17) is 0 Å². The predicted octanol–water partition coefficient (Wildman–Crippen LogP) is -4.05. The Morgan fingerprint density at radius 3 is 1.88 bits per heavy atom. The fourth-order valence-electron chi connectivity index (χ4n) is 1.36. The van der Waals surface area contributed by atoms with Gasteiger partial charge in [-0.1, -0.05) is 12.1 Å². The number of aliphatic carboxylic acids is 1. The number of rotatable bonds is 1. The zero-order valence-corrected chi connectivity index (χ0v) is 8.65. The van der Waals surface area contributed by atoms with Crippen molar-refractivity contribution in [2.75, 3.05) is 0 Å². The van der Waals surface area contributed by atoms with Gasteiger partial charge in [-0.25, -0.2) is 9.98 Å². The Morgan fingerprint density at radius 1 is 1.18 bits per heavy atom. The van der Waals surface area contributed by atoms with Crippen molar-refractivity contribution in [2.24, 2.45) is 9.98 Å². The molecule has 0 aromatic heterocycles. The standard InChI is InChI=1S/C9H5F3N2O2.Li/c10-9(11,12)8(7(15)16)13-5-3-1-2-4-6(5)14-8;/h1-4H,(H,15,16);/q;+1/p-1. The molecule has 1 aromatic carbocycles. The normalized spacial score (nSPS) is 16.2. The summed E-state index contributed by atoms with van der Waals surface area (Å²) in [4.78, 5) is 16.8. The maximum absolute atomic E-state index is 12.6. The fraction of sp³-hybridized carbons (Fsp3) is 0.222. The second-order valence-corrected chi connectivity index (χ2v) is 3.17. The van der Waals surface area contributed by atoms with E-state index in [0.29, 0.717) is 0 Å². The molecule has 0 spiro atoms. The minimum absolute atomic E-state index is 0. The maximum Gasteiger partial charge on any atom is 1.00 e. The average Bonchev–Trinajstić information content (AvgIpc) is 2.56. The number of carbonyl (C=O) groups excluding carboxylic acids is 1. The first-order chi connectivity index (χ1) is 7.37. The van der Waals surface area contributed by atoms with Gasteiger partial charge >= 0.3 is 25.0 Å². The van der Waals surface area contributed by atoms with Crippen molar-refractivity contribution in [3.8, 4) is 0 Å². The monoisotopic (exact) mass is 236 g/mol. The largest absolute Gasteiger partial charge is 1.00 e. The van der Waals surface area contributed by atoms with Crippen LogP contribution in [0.4, 0.5) is 13.2 Å². The summed E-state index contributed by atoms with van der Waals surface area (Å²) in [6, 6.07) is 5.41. The van der Waals surface area contributed by atoms with E-state index in [2.05, 4.69) is 9.98 Å². The molecule has 0 N–H and O–H groups in total. The van der Waals surface area contributed by atoms with Crippen molar-refractivity contribution in [2.45, 2.75) is 11.8 Å². The Kier molecular flexibility index (Phi) is 3.37. The van der Waals surface area contributed by atoms with Crippen molar-refractivity contribution in [3.05, 3.63) is 35.0 Å². The number of nitrogens with zero attached hydrogens (tertiary/aromatic N) is 2. The van der Waals surface area contributed by atoms with Crippen LogP contribution in [0.2, 0.25) is 0 Å². The molecule has 0 atom stereocenters. The third-order valence-corrected chi connectivity index (χ3v) is 2.13.